The van der Waals surface area contributed by atoms with E-state index in [-0.39, 0.29) is 18.3 Å². The number of fused-ring (bicyclic) bond motifs is 1. The summed E-state index contributed by atoms with van der Waals surface area (Å²) in [4.78, 5) is 32.1. The predicted molar refractivity (Wildman–Crippen MR) is 156 cm³/mol. The number of hydrogen-bond acceptors (Lipinski definition) is 6. The second-order valence-electron chi connectivity index (χ2n) is 9.37. The molecule has 5 rings (SSSR count). The molecule has 9 heteroatoms. The molecule has 1 aliphatic rings. The van der Waals surface area contributed by atoms with Crippen LogP contribution in [0.3, 0.4) is 0 Å². The molecule has 4 aromatic rings. The molecule has 0 fully saturated rings. The zero-order valence-corrected chi connectivity index (χ0v) is 24.5. The minimum absolute atomic E-state index is 0.0318. The van der Waals surface area contributed by atoms with Crippen molar-refractivity contribution in [2.24, 2.45) is 4.99 Å². The van der Waals surface area contributed by atoms with Crippen molar-refractivity contribution < 1.29 is 14.3 Å². The normalized spacial score (nSPS) is 15.3. The molecule has 0 unspecified atom stereocenters. The van der Waals surface area contributed by atoms with Crippen LogP contribution in [0.1, 0.15) is 44.9 Å². The van der Waals surface area contributed by atoms with Gasteiger partial charge in [-0.05, 0) is 87.4 Å². The van der Waals surface area contributed by atoms with Crippen LogP contribution < -0.4 is 19.6 Å². The van der Waals surface area contributed by atoms with E-state index < -0.39 is 12.0 Å². The van der Waals surface area contributed by atoms with E-state index in [2.05, 4.69) is 20.9 Å². The average molecular weight is 607 g/mol. The summed E-state index contributed by atoms with van der Waals surface area (Å²) in [5.41, 5.74) is 3.36. The van der Waals surface area contributed by atoms with E-state index in [4.69, 9.17) is 9.47 Å². The van der Waals surface area contributed by atoms with E-state index in [9.17, 15) is 9.59 Å². The van der Waals surface area contributed by atoms with Crippen molar-refractivity contribution in [1.82, 2.24) is 9.13 Å². The van der Waals surface area contributed by atoms with Crippen LogP contribution in [-0.2, 0) is 9.53 Å². The Morgan fingerprint density at radius 1 is 1.13 bits per heavy atom. The van der Waals surface area contributed by atoms with Gasteiger partial charge in [-0.3, -0.25) is 9.36 Å². The van der Waals surface area contributed by atoms with Gasteiger partial charge < -0.3 is 14.0 Å². The Hall–Kier alpha value is -3.69. The molecule has 0 spiro atoms. The number of allylic oxidation sites excluding steroid dienone is 1. The van der Waals surface area contributed by atoms with Crippen LogP contribution in [0.25, 0.3) is 11.8 Å². The smallest absolute Gasteiger partial charge is 0.338 e. The van der Waals surface area contributed by atoms with Gasteiger partial charge in [-0.25, -0.2) is 9.79 Å². The van der Waals surface area contributed by atoms with Gasteiger partial charge in [0, 0.05) is 22.6 Å². The number of carbonyl (C=O) groups excluding carboxylic acids is 1. The number of carbonyl (C=O) groups is 1. The largest absolute Gasteiger partial charge is 0.491 e. The minimum Gasteiger partial charge on any atom is -0.491 e. The van der Waals surface area contributed by atoms with Gasteiger partial charge >= 0.3 is 5.97 Å². The van der Waals surface area contributed by atoms with Gasteiger partial charge in [-0.2, -0.15) is 0 Å². The van der Waals surface area contributed by atoms with E-state index in [0.717, 1.165) is 27.0 Å². The fourth-order valence-electron chi connectivity index (χ4n) is 4.53. The SMILES string of the molecule is CCOC(=O)C1=C(C)N=c2s/c(=C\c3ccn(-c4ccc(Br)cc4)c3)c(=O)n2[C@@H]1c1ccc(OC(C)C)cc1. The van der Waals surface area contributed by atoms with Crippen molar-refractivity contribution in [2.75, 3.05) is 6.61 Å². The van der Waals surface area contributed by atoms with Crippen LogP contribution in [-0.4, -0.2) is 27.8 Å². The Bertz CT molecular complexity index is 1730. The first-order valence-electron chi connectivity index (χ1n) is 12.7. The average Bonchev–Trinajstić information content (AvgIpc) is 3.48. The Morgan fingerprint density at radius 3 is 2.51 bits per heavy atom. The number of rotatable bonds is 7. The standard InChI is InChI=1S/C30H28BrN3O4S/c1-5-37-29(36)26-19(4)32-30-34(27(26)21-6-12-24(13-7-21)38-18(2)3)28(35)25(39-30)16-20-14-15-33(17-20)23-10-8-22(31)9-11-23/h6-18,27H,5H2,1-4H3/b25-16-/t27-/m1/s1. The number of halogens is 1. The number of thiazole rings is 1. The van der Waals surface area contributed by atoms with Crippen molar-refractivity contribution in [3.8, 4) is 11.4 Å². The molecule has 0 aliphatic carbocycles. The molecule has 1 aliphatic heterocycles. The molecule has 7 nitrogen and oxygen atoms in total. The van der Waals surface area contributed by atoms with Gasteiger partial charge in [-0.15, -0.1) is 0 Å². The summed E-state index contributed by atoms with van der Waals surface area (Å²) in [5.74, 6) is 0.238. The molecular weight excluding hydrogens is 578 g/mol. The molecule has 1 atom stereocenters. The van der Waals surface area contributed by atoms with Gasteiger partial charge in [0.1, 0.15) is 5.75 Å². The van der Waals surface area contributed by atoms with Crippen molar-refractivity contribution in [1.29, 1.82) is 0 Å². The van der Waals surface area contributed by atoms with Gasteiger partial charge in [0.2, 0.25) is 0 Å². The van der Waals surface area contributed by atoms with Gasteiger partial charge in [-0.1, -0.05) is 39.4 Å². The third-order valence-corrected chi connectivity index (χ3v) is 7.73. The maximum absolute atomic E-state index is 13.8. The Balaban J connectivity index is 1.60. The van der Waals surface area contributed by atoms with Gasteiger partial charge in [0.25, 0.3) is 5.56 Å². The molecule has 0 saturated heterocycles. The third kappa shape index (κ3) is 5.55. The Labute approximate surface area is 238 Å². The fourth-order valence-corrected chi connectivity index (χ4v) is 5.84. The number of nitrogens with zero attached hydrogens (tertiary/aromatic N) is 3. The Morgan fingerprint density at radius 2 is 1.85 bits per heavy atom. The van der Waals surface area contributed by atoms with E-state index in [1.165, 1.54) is 11.3 Å². The van der Waals surface area contributed by atoms with E-state index in [1.54, 1.807) is 18.4 Å². The van der Waals surface area contributed by atoms with Crippen molar-refractivity contribution >= 4 is 39.3 Å². The highest BCUT2D eigenvalue weighted by Crippen LogP contribution is 2.31. The van der Waals surface area contributed by atoms with Crippen LogP contribution >= 0.6 is 27.3 Å². The Kier molecular flexibility index (Phi) is 7.72. The summed E-state index contributed by atoms with van der Waals surface area (Å²) >= 11 is 4.77. The van der Waals surface area contributed by atoms with E-state index >= 15 is 0 Å². The minimum atomic E-state index is -0.664. The molecule has 200 valence electrons. The lowest BCUT2D eigenvalue weighted by Crippen LogP contribution is -2.39. The summed E-state index contributed by atoms with van der Waals surface area (Å²) in [6.07, 6.45) is 5.82. The molecule has 3 heterocycles. The number of esters is 1. The fraction of sp³-hybridized carbons (Fsp3) is 0.233. The predicted octanol–water partition coefficient (Wildman–Crippen LogP) is 5.14. The zero-order chi connectivity index (χ0) is 27.7. The maximum Gasteiger partial charge on any atom is 0.338 e. The summed E-state index contributed by atoms with van der Waals surface area (Å²) in [6, 6.07) is 16.8. The molecule has 2 aromatic heterocycles. The van der Waals surface area contributed by atoms with Crippen molar-refractivity contribution in [3.05, 3.63) is 114 Å². The summed E-state index contributed by atoms with van der Waals surface area (Å²) in [5, 5.41) is 0. The molecule has 0 saturated carbocycles. The number of benzene rings is 2. The maximum atomic E-state index is 13.8. The molecule has 0 bridgehead atoms. The second-order valence-corrected chi connectivity index (χ2v) is 11.3. The summed E-state index contributed by atoms with van der Waals surface area (Å²) in [7, 11) is 0. The van der Waals surface area contributed by atoms with E-state index in [0.29, 0.717) is 20.6 Å². The van der Waals surface area contributed by atoms with Crippen molar-refractivity contribution in [2.45, 2.75) is 39.8 Å². The van der Waals surface area contributed by atoms with Crippen LogP contribution in [0.4, 0.5) is 0 Å². The lowest BCUT2D eigenvalue weighted by molar-refractivity contribution is -0.139. The molecular formula is C30H28BrN3O4S. The van der Waals surface area contributed by atoms with Gasteiger partial charge in [0.05, 0.1) is 34.6 Å². The van der Waals surface area contributed by atoms with Crippen LogP contribution in [0.5, 0.6) is 5.75 Å². The highest BCUT2D eigenvalue weighted by Gasteiger charge is 2.33. The monoisotopic (exact) mass is 605 g/mol. The molecule has 2 aromatic carbocycles. The number of hydrogen-bond donors (Lipinski definition) is 0. The van der Waals surface area contributed by atoms with Gasteiger partial charge in [0.15, 0.2) is 4.80 Å². The summed E-state index contributed by atoms with van der Waals surface area (Å²) < 4.78 is 16.3. The lowest BCUT2D eigenvalue weighted by atomic mass is 9.96. The molecule has 0 radical (unpaired) electrons. The molecule has 0 amide bonds. The number of ether oxygens (including phenoxy) is 2. The van der Waals surface area contributed by atoms with Crippen LogP contribution in [0.15, 0.2) is 92.5 Å². The first-order chi connectivity index (χ1) is 18.7. The zero-order valence-electron chi connectivity index (χ0n) is 22.1. The first kappa shape index (κ1) is 26.9. The van der Waals surface area contributed by atoms with E-state index in [1.807, 2.05) is 91.5 Å². The first-order valence-corrected chi connectivity index (χ1v) is 14.3. The summed E-state index contributed by atoms with van der Waals surface area (Å²) in [6.45, 7) is 7.69. The molecule has 0 N–H and O–H groups in total. The van der Waals surface area contributed by atoms with Crippen LogP contribution in [0, 0.1) is 0 Å². The van der Waals surface area contributed by atoms with Crippen LogP contribution in [0.2, 0.25) is 0 Å². The highest BCUT2D eigenvalue weighted by atomic mass is 79.9. The van der Waals surface area contributed by atoms with Crippen molar-refractivity contribution in [3.63, 3.8) is 0 Å². The quantitative estimate of drug-likeness (QED) is 0.273. The second kappa shape index (κ2) is 11.2. The molecule has 39 heavy (non-hydrogen) atoms. The third-order valence-electron chi connectivity index (χ3n) is 6.22. The highest BCUT2D eigenvalue weighted by molar-refractivity contribution is 9.10. The number of aromatic nitrogens is 2. The lowest BCUT2D eigenvalue weighted by Gasteiger charge is -2.25. The topological polar surface area (TPSA) is 74.8 Å².